The zero-order valence-electron chi connectivity index (χ0n) is 16.5. The fourth-order valence-electron chi connectivity index (χ4n) is 3.23. The molecule has 6 heteroatoms. The molecule has 2 heterocycles. The summed E-state index contributed by atoms with van der Waals surface area (Å²) in [7, 11) is 0. The highest BCUT2D eigenvalue weighted by atomic mass is 16.1. The molecular weight excluding hydrogens is 362 g/mol. The van der Waals surface area contributed by atoms with Gasteiger partial charge in [-0.15, -0.1) is 0 Å². The molecule has 0 bridgehead atoms. The Morgan fingerprint density at radius 1 is 1.07 bits per heavy atom. The molecule has 0 fully saturated rings. The van der Waals surface area contributed by atoms with E-state index in [1.54, 1.807) is 12.3 Å². The second kappa shape index (κ2) is 8.14. The van der Waals surface area contributed by atoms with Gasteiger partial charge in [0.05, 0.1) is 0 Å². The van der Waals surface area contributed by atoms with Crippen LogP contribution in [0.5, 0.6) is 0 Å². The van der Waals surface area contributed by atoms with Crippen molar-refractivity contribution in [2.45, 2.75) is 20.3 Å². The van der Waals surface area contributed by atoms with Gasteiger partial charge in [0, 0.05) is 35.5 Å². The summed E-state index contributed by atoms with van der Waals surface area (Å²) in [5.41, 5.74) is 5.76. The van der Waals surface area contributed by atoms with Gasteiger partial charge < -0.3 is 15.6 Å². The molecule has 0 spiro atoms. The number of aromatic amines is 1. The van der Waals surface area contributed by atoms with E-state index >= 15 is 0 Å². The van der Waals surface area contributed by atoms with Gasteiger partial charge in [-0.2, -0.15) is 0 Å². The number of aryl methyl sites for hydroxylation is 2. The summed E-state index contributed by atoms with van der Waals surface area (Å²) >= 11 is 0. The summed E-state index contributed by atoms with van der Waals surface area (Å²) in [6.07, 6.45) is 4.45. The fraction of sp³-hybridized carbons (Fsp3) is 0.174. The van der Waals surface area contributed by atoms with Gasteiger partial charge in [-0.1, -0.05) is 24.3 Å². The van der Waals surface area contributed by atoms with Crippen LogP contribution < -0.4 is 10.6 Å². The van der Waals surface area contributed by atoms with Crippen molar-refractivity contribution >= 4 is 28.4 Å². The number of benzene rings is 2. The lowest BCUT2D eigenvalue weighted by Gasteiger charge is -2.09. The Balaban J connectivity index is 1.39. The number of anilines is 2. The van der Waals surface area contributed by atoms with Crippen LogP contribution in [-0.2, 0) is 6.42 Å². The number of para-hydroxylation sites is 1. The Morgan fingerprint density at radius 2 is 1.93 bits per heavy atom. The maximum atomic E-state index is 12.5. The number of H-pyrrole nitrogens is 1. The molecule has 0 aliphatic carbocycles. The zero-order valence-corrected chi connectivity index (χ0v) is 16.5. The predicted molar refractivity (Wildman–Crippen MR) is 116 cm³/mol. The van der Waals surface area contributed by atoms with E-state index in [1.807, 2.05) is 50.4 Å². The summed E-state index contributed by atoms with van der Waals surface area (Å²) in [6.45, 7) is 4.73. The molecule has 0 atom stereocenters. The van der Waals surface area contributed by atoms with E-state index in [2.05, 4.69) is 37.7 Å². The minimum Gasteiger partial charge on any atom is -0.361 e. The first-order valence-corrected chi connectivity index (χ1v) is 9.60. The molecule has 2 aromatic carbocycles. The minimum atomic E-state index is -0.254. The molecule has 4 rings (SSSR count). The molecular formula is C23H23N5O. The monoisotopic (exact) mass is 385 g/mol. The lowest BCUT2D eigenvalue weighted by molar-refractivity contribution is 0.102. The molecule has 0 unspecified atom stereocenters. The molecule has 0 aliphatic rings. The predicted octanol–water partition coefficient (Wildman–Crippen LogP) is 4.48. The van der Waals surface area contributed by atoms with Crippen LogP contribution >= 0.6 is 0 Å². The molecule has 29 heavy (non-hydrogen) atoms. The van der Waals surface area contributed by atoms with E-state index < -0.39 is 0 Å². The number of rotatable bonds is 6. The van der Waals surface area contributed by atoms with Gasteiger partial charge in [0.2, 0.25) is 5.95 Å². The molecule has 0 radical (unpaired) electrons. The zero-order chi connectivity index (χ0) is 20.2. The Kier molecular flexibility index (Phi) is 5.24. The summed E-state index contributed by atoms with van der Waals surface area (Å²) in [5.74, 6) is 0.188. The van der Waals surface area contributed by atoms with Crippen LogP contribution in [0.3, 0.4) is 0 Å². The van der Waals surface area contributed by atoms with Gasteiger partial charge in [-0.25, -0.2) is 9.97 Å². The molecule has 1 amide bonds. The smallest absolute Gasteiger partial charge is 0.274 e. The number of carbonyl (C=O) groups is 1. The molecule has 146 valence electrons. The first kappa shape index (κ1) is 18.7. The fourth-order valence-corrected chi connectivity index (χ4v) is 3.23. The number of nitrogens with zero attached hydrogens (tertiary/aromatic N) is 2. The van der Waals surface area contributed by atoms with E-state index in [4.69, 9.17) is 0 Å². The van der Waals surface area contributed by atoms with E-state index in [0.717, 1.165) is 23.2 Å². The van der Waals surface area contributed by atoms with Crippen molar-refractivity contribution in [2.24, 2.45) is 0 Å². The van der Waals surface area contributed by atoms with Gasteiger partial charge in [-0.3, -0.25) is 4.79 Å². The Bertz CT molecular complexity index is 1160. The molecule has 0 saturated carbocycles. The van der Waals surface area contributed by atoms with Crippen molar-refractivity contribution in [1.29, 1.82) is 0 Å². The Morgan fingerprint density at radius 3 is 2.79 bits per heavy atom. The summed E-state index contributed by atoms with van der Waals surface area (Å²) < 4.78 is 0. The highest BCUT2D eigenvalue weighted by molar-refractivity contribution is 6.03. The summed E-state index contributed by atoms with van der Waals surface area (Å²) in [5, 5.41) is 7.32. The lowest BCUT2D eigenvalue weighted by atomic mass is 10.1. The Labute approximate surface area is 169 Å². The number of fused-ring (bicyclic) bond motifs is 1. The van der Waals surface area contributed by atoms with Gasteiger partial charge in [-0.05, 0) is 61.2 Å². The van der Waals surface area contributed by atoms with Gasteiger partial charge in [0.25, 0.3) is 5.91 Å². The molecule has 4 aromatic rings. The third kappa shape index (κ3) is 4.27. The first-order valence-electron chi connectivity index (χ1n) is 9.60. The van der Waals surface area contributed by atoms with Gasteiger partial charge >= 0.3 is 0 Å². The van der Waals surface area contributed by atoms with E-state index in [0.29, 0.717) is 18.2 Å². The first-order chi connectivity index (χ1) is 14.1. The lowest BCUT2D eigenvalue weighted by Crippen LogP contribution is -2.16. The van der Waals surface area contributed by atoms with Crippen LogP contribution in [0.2, 0.25) is 0 Å². The SMILES string of the molecule is Cc1ccc(NC(=O)c2ccnc(NCCc3c[nH]c4ccccc34)n2)cc1C. The number of aromatic nitrogens is 3. The van der Waals surface area contributed by atoms with Crippen molar-refractivity contribution < 1.29 is 4.79 Å². The number of carbonyl (C=O) groups excluding carboxylic acids is 1. The van der Waals surface area contributed by atoms with Crippen LogP contribution in [0.1, 0.15) is 27.2 Å². The normalized spacial score (nSPS) is 10.8. The summed E-state index contributed by atoms with van der Waals surface area (Å²) in [6, 6.07) is 15.7. The number of hydrogen-bond donors (Lipinski definition) is 3. The average molecular weight is 385 g/mol. The van der Waals surface area contributed by atoms with Gasteiger partial charge in [0.15, 0.2) is 0 Å². The maximum absolute atomic E-state index is 12.5. The Hall–Kier alpha value is -3.67. The van der Waals surface area contributed by atoms with Gasteiger partial charge in [0.1, 0.15) is 5.69 Å². The van der Waals surface area contributed by atoms with E-state index in [-0.39, 0.29) is 5.91 Å². The van der Waals surface area contributed by atoms with Crippen molar-refractivity contribution in [3.63, 3.8) is 0 Å². The molecule has 6 nitrogen and oxygen atoms in total. The third-order valence-electron chi connectivity index (χ3n) is 5.01. The molecule has 2 aromatic heterocycles. The summed E-state index contributed by atoms with van der Waals surface area (Å²) in [4.78, 5) is 24.4. The van der Waals surface area contributed by atoms with Crippen LogP contribution in [0, 0.1) is 13.8 Å². The molecule has 0 saturated heterocycles. The van der Waals surface area contributed by atoms with Crippen molar-refractivity contribution in [2.75, 3.05) is 17.2 Å². The molecule has 0 aliphatic heterocycles. The van der Waals surface area contributed by atoms with Crippen LogP contribution in [0.25, 0.3) is 10.9 Å². The largest absolute Gasteiger partial charge is 0.361 e. The number of nitrogens with one attached hydrogen (secondary N) is 3. The quantitative estimate of drug-likeness (QED) is 0.457. The van der Waals surface area contributed by atoms with Crippen molar-refractivity contribution in [3.8, 4) is 0 Å². The highest BCUT2D eigenvalue weighted by Gasteiger charge is 2.10. The van der Waals surface area contributed by atoms with Crippen LogP contribution in [0.15, 0.2) is 60.9 Å². The van der Waals surface area contributed by atoms with Crippen LogP contribution in [0.4, 0.5) is 11.6 Å². The standard InChI is InChI=1S/C23H23N5O/c1-15-7-8-18(13-16(15)2)27-22(29)21-10-12-25-23(28-21)24-11-9-17-14-26-20-6-4-3-5-19(17)20/h3-8,10,12-14,26H,9,11H2,1-2H3,(H,27,29)(H,24,25,28). The van der Waals surface area contributed by atoms with Crippen molar-refractivity contribution in [1.82, 2.24) is 15.0 Å². The second-order valence-corrected chi connectivity index (χ2v) is 7.05. The third-order valence-corrected chi connectivity index (χ3v) is 5.01. The van der Waals surface area contributed by atoms with E-state index in [9.17, 15) is 4.79 Å². The maximum Gasteiger partial charge on any atom is 0.274 e. The second-order valence-electron chi connectivity index (χ2n) is 7.05. The molecule has 3 N–H and O–H groups in total. The highest BCUT2D eigenvalue weighted by Crippen LogP contribution is 2.18. The average Bonchev–Trinajstić information content (AvgIpc) is 3.14. The minimum absolute atomic E-state index is 0.254. The van der Waals surface area contributed by atoms with E-state index in [1.165, 1.54) is 16.5 Å². The van der Waals surface area contributed by atoms with Crippen molar-refractivity contribution in [3.05, 3.63) is 83.3 Å². The van der Waals surface area contributed by atoms with Crippen LogP contribution in [-0.4, -0.2) is 27.4 Å². The number of hydrogen-bond acceptors (Lipinski definition) is 4. The number of amides is 1. The topological polar surface area (TPSA) is 82.7 Å².